The molecule has 1 amide bonds. The second-order valence-electron chi connectivity index (χ2n) is 5.56. The molecule has 0 aromatic carbocycles. The monoisotopic (exact) mass is 318 g/mol. The average Bonchev–Trinajstić information content (AvgIpc) is 3.04. The van der Waals surface area contributed by atoms with Gasteiger partial charge in [-0.2, -0.15) is 0 Å². The summed E-state index contributed by atoms with van der Waals surface area (Å²) in [5, 5.41) is 20.8. The summed E-state index contributed by atoms with van der Waals surface area (Å²) in [7, 11) is 0. The fourth-order valence-electron chi connectivity index (χ4n) is 2.48. The van der Waals surface area contributed by atoms with Crippen LogP contribution in [0.5, 0.6) is 0 Å². The van der Waals surface area contributed by atoms with Crippen LogP contribution in [0.3, 0.4) is 0 Å². The van der Waals surface area contributed by atoms with E-state index < -0.39 is 11.5 Å². The van der Waals surface area contributed by atoms with Crippen molar-refractivity contribution < 1.29 is 14.3 Å². The van der Waals surface area contributed by atoms with E-state index in [9.17, 15) is 9.90 Å². The maximum absolute atomic E-state index is 12.1. The van der Waals surface area contributed by atoms with Crippen molar-refractivity contribution in [2.75, 3.05) is 6.54 Å². The van der Waals surface area contributed by atoms with Crippen molar-refractivity contribution in [2.45, 2.75) is 45.1 Å². The highest BCUT2D eigenvalue weighted by Crippen LogP contribution is 2.19. The Bertz CT molecular complexity index is 621. The molecule has 124 valence electrons. The summed E-state index contributed by atoms with van der Waals surface area (Å²) in [6, 6.07) is 3.44. The van der Waals surface area contributed by atoms with Gasteiger partial charge in [-0.25, -0.2) is 0 Å². The van der Waals surface area contributed by atoms with Gasteiger partial charge in [0.15, 0.2) is 0 Å². The summed E-state index contributed by atoms with van der Waals surface area (Å²) >= 11 is 0. The quantitative estimate of drug-likeness (QED) is 0.773. The summed E-state index contributed by atoms with van der Waals surface area (Å²) in [6.07, 6.45) is 6.17. The van der Waals surface area contributed by atoms with E-state index in [0.29, 0.717) is 18.4 Å². The van der Waals surface area contributed by atoms with Gasteiger partial charge in [-0.3, -0.25) is 9.78 Å². The van der Waals surface area contributed by atoms with Crippen LogP contribution in [0.15, 0.2) is 28.9 Å². The van der Waals surface area contributed by atoms with Gasteiger partial charge in [0.05, 0.1) is 5.60 Å². The van der Waals surface area contributed by atoms with Crippen LogP contribution in [0, 0.1) is 0 Å². The number of carbonyl (C=O) groups is 1. The fourth-order valence-corrected chi connectivity index (χ4v) is 2.48. The fraction of sp³-hybridized carbons (Fsp3) is 0.500. The van der Waals surface area contributed by atoms with Crippen molar-refractivity contribution in [1.29, 1.82) is 0 Å². The lowest BCUT2D eigenvalue weighted by atomic mass is 9.92. The van der Waals surface area contributed by atoms with E-state index in [1.807, 2.05) is 13.8 Å². The zero-order valence-corrected chi connectivity index (χ0v) is 13.5. The van der Waals surface area contributed by atoms with Crippen molar-refractivity contribution in [3.8, 4) is 11.5 Å². The van der Waals surface area contributed by atoms with Crippen molar-refractivity contribution in [3.63, 3.8) is 0 Å². The van der Waals surface area contributed by atoms with Crippen LogP contribution in [-0.4, -0.2) is 38.3 Å². The first kappa shape index (κ1) is 17.1. The molecule has 0 aliphatic heterocycles. The second kappa shape index (κ2) is 7.82. The minimum absolute atomic E-state index is 0.118. The molecule has 0 saturated heterocycles. The lowest BCUT2D eigenvalue weighted by Gasteiger charge is -2.27. The Kier molecular flexibility index (Phi) is 5.81. The first-order valence-corrected chi connectivity index (χ1v) is 7.82. The molecule has 0 bridgehead atoms. The molecule has 2 rings (SSSR count). The Labute approximate surface area is 135 Å². The number of nitrogens with one attached hydrogen (secondary N) is 1. The number of rotatable bonds is 8. The summed E-state index contributed by atoms with van der Waals surface area (Å²) in [4.78, 5) is 16.0. The highest BCUT2D eigenvalue weighted by atomic mass is 16.4. The number of hydrogen-bond acceptors (Lipinski definition) is 6. The largest absolute Gasteiger partial charge is 0.412 e. The maximum atomic E-state index is 12.1. The van der Waals surface area contributed by atoms with E-state index in [1.165, 1.54) is 0 Å². The molecule has 23 heavy (non-hydrogen) atoms. The van der Waals surface area contributed by atoms with Crippen LogP contribution in [0.4, 0.5) is 0 Å². The van der Waals surface area contributed by atoms with Gasteiger partial charge in [0.25, 0.3) is 0 Å². The number of aromatic nitrogens is 3. The molecule has 2 aromatic heterocycles. The topological polar surface area (TPSA) is 101 Å². The third-order valence-corrected chi connectivity index (χ3v) is 3.56. The molecule has 0 aliphatic rings. The Balaban J connectivity index is 2.00. The van der Waals surface area contributed by atoms with E-state index >= 15 is 0 Å². The highest BCUT2D eigenvalue weighted by molar-refractivity contribution is 5.89. The van der Waals surface area contributed by atoms with Gasteiger partial charge >= 0.3 is 11.8 Å². The van der Waals surface area contributed by atoms with Crippen molar-refractivity contribution >= 4 is 5.91 Å². The van der Waals surface area contributed by atoms with Gasteiger partial charge in [-0.15, -0.1) is 10.2 Å². The number of amides is 1. The van der Waals surface area contributed by atoms with Crippen molar-refractivity contribution in [3.05, 3.63) is 30.4 Å². The van der Waals surface area contributed by atoms with Crippen molar-refractivity contribution in [2.24, 2.45) is 0 Å². The van der Waals surface area contributed by atoms with Crippen LogP contribution in [0.25, 0.3) is 11.5 Å². The summed E-state index contributed by atoms with van der Waals surface area (Å²) < 4.78 is 5.37. The third kappa shape index (κ3) is 4.59. The van der Waals surface area contributed by atoms with E-state index in [0.717, 1.165) is 12.8 Å². The number of hydrogen-bond donors (Lipinski definition) is 2. The Morgan fingerprint density at radius 3 is 2.48 bits per heavy atom. The van der Waals surface area contributed by atoms with Crippen LogP contribution < -0.4 is 5.32 Å². The zero-order valence-electron chi connectivity index (χ0n) is 13.5. The standard InChI is InChI=1S/C16H22N4O3/c1-3-7-16(22,8-4-2)11-18-13(21)15-20-19-14(23-15)12-5-9-17-10-6-12/h5-6,9-10,22H,3-4,7-8,11H2,1-2H3,(H,18,21). The summed E-state index contributed by atoms with van der Waals surface area (Å²) in [5.74, 6) is -0.342. The number of carbonyl (C=O) groups excluding carboxylic acids is 1. The van der Waals surface area contributed by atoms with E-state index in [2.05, 4.69) is 20.5 Å². The molecule has 2 N–H and O–H groups in total. The molecule has 0 fully saturated rings. The van der Waals surface area contributed by atoms with Gasteiger partial charge in [-0.05, 0) is 25.0 Å². The van der Waals surface area contributed by atoms with Gasteiger partial charge in [-0.1, -0.05) is 26.7 Å². The van der Waals surface area contributed by atoms with Crippen LogP contribution >= 0.6 is 0 Å². The predicted molar refractivity (Wildman–Crippen MR) is 84.6 cm³/mol. The molecule has 0 radical (unpaired) electrons. The molecule has 7 heteroatoms. The van der Waals surface area contributed by atoms with Crippen LogP contribution in [0.2, 0.25) is 0 Å². The summed E-state index contributed by atoms with van der Waals surface area (Å²) in [5.41, 5.74) is -0.201. The lowest BCUT2D eigenvalue weighted by molar-refractivity contribution is 0.0209. The van der Waals surface area contributed by atoms with Gasteiger partial charge in [0.2, 0.25) is 5.89 Å². The molecule has 0 spiro atoms. The van der Waals surface area contributed by atoms with Gasteiger partial charge in [0, 0.05) is 24.5 Å². The third-order valence-electron chi connectivity index (χ3n) is 3.56. The number of nitrogens with zero attached hydrogens (tertiary/aromatic N) is 3. The smallest absolute Gasteiger partial charge is 0.308 e. The SMILES string of the molecule is CCCC(O)(CCC)CNC(=O)c1nnc(-c2ccncc2)o1. The molecule has 0 saturated carbocycles. The van der Waals surface area contributed by atoms with E-state index in [1.54, 1.807) is 24.5 Å². The van der Waals surface area contributed by atoms with Crippen molar-refractivity contribution in [1.82, 2.24) is 20.5 Å². The highest BCUT2D eigenvalue weighted by Gasteiger charge is 2.26. The van der Waals surface area contributed by atoms with Gasteiger partial charge < -0.3 is 14.8 Å². The second-order valence-corrected chi connectivity index (χ2v) is 5.56. The number of pyridine rings is 1. The molecule has 2 aromatic rings. The Morgan fingerprint density at radius 1 is 1.22 bits per heavy atom. The molecule has 0 atom stereocenters. The minimum atomic E-state index is -0.896. The molecular formula is C16H22N4O3. The zero-order chi connectivity index (χ0) is 16.7. The molecule has 7 nitrogen and oxygen atoms in total. The Morgan fingerprint density at radius 2 is 1.87 bits per heavy atom. The average molecular weight is 318 g/mol. The molecule has 0 unspecified atom stereocenters. The molecule has 0 aliphatic carbocycles. The van der Waals surface area contributed by atoms with E-state index in [4.69, 9.17) is 4.42 Å². The minimum Gasteiger partial charge on any atom is -0.412 e. The van der Waals surface area contributed by atoms with Crippen LogP contribution in [-0.2, 0) is 0 Å². The first-order valence-electron chi connectivity index (χ1n) is 7.82. The van der Waals surface area contributed by atoms with E-state index in [-0.39, 0.29) is 18.3 Å². The first-order chi connectivity index (χ1) is 11.1. The van der Waals surface area contributed by atoms with Crippen LogP contribution in [0.1, 0.15) is 50.2 Å². The summed E-state index contributed by atoms with van der Waals surface area (Å²) in [6.45, 7) is 4.17. The lowest BCUT2D eigenvalue weighted by Crippen LogP contribution is -2.43. The Hall–Kier alpha value is -2.28. The molecular weight excluding hydrogens is 296 g/mol. The predicted octanol–water partition coefficient (Wildman–Crippen LogP) is 2.19. The number of aliphatic hydroxyl groups is 1. The molecule has 2 heterocycles. The maximum Gasteiger partial charge on any atom is 0.308 e. The normalized spacial score (nSPS) is 11.4. The van der Waals surface area contributed by atoms with Gasteiger partial charge in [0.1, 0.15) is 0 Å².